The van der Waals surface area contributed by atoms with E-state index >= 15 is 0 Å². The molecule has 12 heavy (non-hydrogen) atoms. The van der Waals surface area contributed by atoms with Gasteiger partial charge in [-0.15, -0.1) is 11.3 Å². The quantitative estimate of drug-likeness (QED) is 0.772. The molecule has 0 fully saturated rings. The van der Waals surface area contributed by atoms with E-state index in [1.165, 1.54) is 0 Å². The maximum Gasteiger partial charge on any atom is 0.119 e. The normalized spacial score (nSPS) is 13.2. The Balaban J connectivity index is 2.63. The van der Waals surface area contributed by atoms with E-state index in [4.69, 9.17) is 10.5 Å². The molecule has 0 aliphatic rings. The highest BCUT2D eigenvalue weighted by Crippen LogP contribution is 2.17. The van der Waals surface area contributed by atoms with Gasteiger partial charge >= 0.3 is 0 Å². The van der Waals surface area contributed by atoms with Gasteiger partial charge < -0.3 is 10.5 Å². The Hall–Kier alpha value is -0.450. The molecule has 0 spiro atoms. The molecule has 4 heteroatoms. The van der Waals surface area contributed by atoms with Crippen molar-refractivity contribution in [3.63, 3.8) is 0 Å². The van der Waals surface area contributed by atoms with Gasteiger partial charge in [-0.3, -0.25) is 0 Å². The summed E-state index contributed by atoms with van der Waals surface area (Å²) in [5.41, 5.74) is 6.60. The number of nitrogens with two attached hydrogens (primary N) is 1. The molecule has 1 unspecified atom stereocenters. The third kappa shape index (κ3) is 2.27. The highest BCUT2D eigenvalue weighted by atomic mass is 32.1. The molecule has 1 aromatic heterocycles. The first-order valence-electron chi connectivity index (χ1n) is 3.91. The fourth-order valence-corrected chi connectivity index (χ4v) is 1.75. The molecular formula is C8H14N2OS. The van der Waals surface area contributed by atoms with Crippen LogP contribution in [0.4, 0.5) is 0 Å². The van der Waals surface area contributed by atoms with Gasteiger partial charge in [-0.1, -0.05) is 6.92 Å². The Morgan fingerprint density at radius 3 is 3.08 bits per heavy atom. The van der Waals surface area contributed by atoms with E-state index in [2.05, 4.69) is 11.9 Å². The van der Waals surface area contributed by atoms with E-state index in [1.807, 2.05) is 5.38 Å². The molecule has 0 radical (unpaired) electrons. The molecular weight excluding hydrogens is 172 g/mol. The number of rotatable bonds is 4. The SMILES string of the molecule is COCc1nc(C(C)CN)cs1. The molecule has 68 valence electrons. The molecule has 3 nitrogen and oxygen atoms in total. The Morgan fingerprint density at radius 2 is 2.50 bits per heavy atom. The molecule has 2 N–H and O–H groups in total. The zero-order chi connectivity index (χ0) is 8.97. The van der Waals surface area contributed by atoms with E-state index in [0.29, 0.717) is 19.1 Å². The fraction of sp³-hybridized carbons (Fsp3) is 0.625. The highest BCUT2D eigenvalue weighted by Gasteiger charge is 2.07. The number of methoxy groups -OCH3 is 1. The van der Waals surface area contributed by atoms with Gasteiger partial charge in [0.25, 0.3) is 0 Å². The van der Waals surface area contributed by atoms with Crippen molar-refractivity contribution < 1.29 is 4.74 Å². The van der Waals surface area contributed by atoms with Crippen molar-refractivity contribution in [2.24, 2.45) is 5.73 Å². The van der Waals surface area contributed by atoms with Crippen molar-refractivity contribution >= 4 is 11.3 Å². The van der Waals surface area contributed by atoms with Crippen molar-refractivity contribution in [2.75, 3.05) is 13.7 Å². The third-order valence-electron chi connectivity index (χ3n) is 1.70. The first-order valence-corrected chi connectivity index (χ1v) is 4.79. The van der Waals surface area contributed by atoms with Crippen LogP contribution in [-0.2, 0) is 11.3 Å². The van der Waals surface area contributed by atoms with E-state index in [9.17, 15) is 0 Å². The minimum absolute atomic E-state index is 0.354. The average Bonchev–Trinajstić information content (AvgIpc) is 2.52. The topological polar surface area (TPSA) is 48.1 Å². The van der Waals surface area contributed by atoms with Crippen LogP contribution in [0.5, 0.6) is 0 Å². The van der Waals surface area contributed by atoms with Crippen molar-refractivity contribution in [3.05, 3.63) is 16.1 Å². The van der Waals surface area contributed by atoms with Gasteiger partial charge in [0.05, 0.1) is 12.3 Å². The Bertz CT molecular complexity index is 237. The lowest BCUT2D eigenvalue weighted by Gasteiger charge is -2.02. The molecule has 0 saturated carbocycles. The molecule has 0 bridgehead atoms. The van der Waals surface area contributed by atoms with Gasteiger partial charge in [-0.25, -0.2) is 4.98 Å². The standard InChI is InChI=1S/C8H14N2OS/c1-6(3-9)7-5-12-8(10-7)4-11-2/h5-6H,3-4,9H2,1-2H3. The summed E-state index contributed by atoms with van der Waals surface area (Å²) >= 11 is 1.63. The molecule has 0 aliphatic carbocycles. The maximum absolute atomic E-state index is 5.52. The van der Waals surface area contributed by atoms with Crippen molar-refractivity contribution in [1.82, 2.24) is 4.98 Å². The predicted octanol–water partition coefficient (Wildman–Crippen LogP) is 1.35. The molecule has 0 aliphatic heterocycles. The summed E-state index contributed by atoms with van der Waals surface area (Å²) in [5, 5.41) is 3.07. The first-order chi connectivity index (χ1) is 5.77. The Kier molecular flexibility index (Phi) is 3.65. The summed E-state index contributed by atoms with van der Waals surface area (Å²) in [4.78, 5) is 4.38. The third-order valence-corrected chi connectivity index (χ3v) is 2.54. The van der Waals surface area contributed by atoms with Crippen LogP contribution in [0.2, 0.25) is 0 Å². The second-order valence-corrected chi connectivity index (χ2v) is 3.68. The lowest BCUT2D eigenvalue weighted by molar-refractivity contribution is 0.184. The average molecular weight is 186 g/mol. The summed E-state index contributed by atoms with van der Waals surface area (Å²) in [6.45, 7) is 3.32. The summed E-state index contributed by atoms with van der Waals surface area (Å²) in [6, 6.07) is 0. The van der Waals surface area contributed by atoms with Gasteiger partial charge in [0.2, 0.25) is 0 Å². The smallest absolute Gasteiger partial charge is 0.119 e. The highest BCUT2D eigenvalue weighted by molar-refractivity contribution is 7.09. The van der Waals surface area contributed by atoms with E-state index in [1.54, 1.807) is 18.4 Å². The van der Waals surface area contributed by atoms with E-state index < -0.39 is 0 Å². The van der Waals surface area contributed by atoms with Crippen LogP contribution >= 0.6 is 11.3 Å². The predicted molar refractivity (Wildman–Crippen MR) is 50.3 cm³/mol. The number of ether oxygens (including phenoxy) is 1. The van der Waals surface area contributed by atoms with Crippen molar-refractivity contribution in [2.45, 2.75) is 19.4 Å². The van der Waals surface area contributed by atoms with E-state index in [-0.39, 0.29) is 0 Å². The molecule has 1 aromatic rings. The number of aromatic nitrogens is 1. The van der Waals surface area contributed by atoms with Gasteiger partial charge in [0.15, 0.2) is 0 Å². The molecule has 1 heterocycles. The lowest BCUT2D eigenvalue weighted by atomic mass is 10.1. The second kappa shape index (κ2) is 4.54. The largest absolute Gasteiger partial charge is 0.378 e. The van der Waals surface area contributed by atoms with Crippen LogP contribution in [-0.4, -0.2) is 18.6 Å². The van der Waals surface area contributed by atoms with Crippen molar-refractivity contribution in [1.29, 1.82) is 0 Å². The number of thiazole rings is 1. The van der Waals surface area contributed by atoms with E-state index in [0.717, 1.165) is 10.7 Å². The summed E-state index contributed by atoms with van der Waals surface area (Å²) < 4.78 is 4.97. The molecule has 0 aromatic carbocycles. The summed E-state index contributed by atoms with van der Waals surface area (Å²) in [7, 11) is 1.67. The molecule has 1 rings (SSSR count). The van der Waals surface area contributed by atoms with Gasteiger partial charge in [-0.05, 0) is 0 Å². The monoisotopic (exact) mass is 186 g/mol. The van der Waals surface area contributed by atoms with Crippen molar-refractivity contribution in [3.8, 4) is 0 Å². The van der Waals surface area contributed by atoms with Crippen LogP contribution in [0.1, 0.15) is 23.5 Å². The minimum atomic E-state index is 0.354. The lowest BCUT2D eigenvalue weighted by Crippen LogP contribution is -2.09. The zero-order valence-electron chi connectivity index (χ0n) is 7.41. The van der Waals surface area contributed by atoms with Crippen LogP contribution in [0.3, 0.4) is 0 Å². The maximum atomic E-state index is 5.52. The Labute approximate surface area is 76.6 Å². The summed E-state index contributed by atoms with van der Waals surface area (Å²) in [5.74, 6) is 0.354. The molecule has 0 saturated heterocycles. The van der Waals surface area contributed by atoms with Crippen LogP contribution in [0, 0.1) is 0 Å². The Morgan fingerprint density at radius 1 is 1.75 bits per heavy atom. The van der Waals surface area contributed by atoms with Crippen LogP contribution in [0.15, 0.2) is 5.38 Å². The molecule has 0 amide bonds. The number of hydrogen-bond donors (Lipinski definition) is 1. The van der Waals surface area contributed by atoms with Crippen LogP contribution < -0.4 is 5.73 Å². The summed E-state index contributed by atoms with van der Waals surface area (Å²) in [6.07, 6.45) is 0. The number of nitrogens with zero attached hydrogens (tertiary/aromatic N) is 1. The second-order valence-electron chi connectivity index (χ2n) is 2.74. The fourth-order valence-electron chi connectivity index (χ4n) is 0.862. The number of hydrogen-bond acceptors (Lipinski definition) is 4. The van der Waals surface area contributed by atoms with Gasteiger partial charge in [0, 0.05) is 25.0 Å². The van der Waals surface area contributed by atoms with Crippen LogP contribution in [0.25, 0.3) is 0 Å². The minimum Gasteiger partial charge on any atom is -0.378 e. The van der Waals surface area contributed by atoms with Gasteiger partial charge in [-0.2, -0.15) is 0 Å². The van der Waals surface area contributed by atoms with Gasteiger partial charge in [0.1, 0.15) is 5.01 Å². The zero-order valence-corrected chi connectivity index (χ0v) is 8.23. The molecule has 1 atom stereocenters. The first kappa shape index (κ1) is 9.64.